The van der Waals surface area contributed by atoms with E-state index in [4.69, 9.17) is 9.16 Å². The normalized spacial score (nSPS) is 16.1. The van der Waals surface area contributed by atoms with Crippen LogP contribution in [0.1, 0.15) is 93.4 Å². The summed E-state index contributed by atoms with van der Waals surface area (Å²) in [5.74, 6) is 2.91. The number of halogens is 1. The summed E-state index contributed by atoms with van der Waals surface area (Å²) in [5, 5.41) is 15.0. The number of benzene rings is 2. The molecule has 7 rings (SSSR count). The van der Waals surface area contributed by atoms with Gasteiger partial charge in [0.1, 0.15) is 23.1 Å². The highest BCUT2D eigenvalue weighted by atomic mass is 35.5. The van der Waals surface area contributed by atoms with Gasteiger partial charge >= 0.3 is 12.1 Å². The van der Waals surface area contributed by atoms with Crippen molar-refractivity contribution in [1.82, 2.24) is 19.8 Å². The van der Waals surface area contributed by atoms with Gasteiger partial charge in [-0.2, -0.15) is 0 Å². The molecule has 0 spiro atoms. The van der Waals surface area contributed by atoms with Gasteiger partial charge in [-0.25, -0.2) is 19.6 Å². The number of aromatic hydroxyl groups is 1. The lowest BCUT2D eigenvalue weighted by molar-refractivity contribution is 0.194. The quantitative estimate of drug-likeness (QED) is 0.165. The minimum absolute atomic E-state index is 0. The van der Waals surface area contributed by atoms with Crippen molar-refractivity contribution in [2.24, 2.45) is 0 Å². The van der Waals surface area contributed by atoms with E-state index in [1.807, 2.05) is 21.9 Å². The second kappa shape index (κ2) is 22.1. The summed E-state index contributed by atoms with van der Waals surface area (Å²) < 4.78 is 11.2. The maximum Gasteiger partial charge on any atom is 0.323 e. The van der Waals surface area contributed by atoms with E-state index in [1.165, 1.54) is 47.4 Å². The predicted molar refractivity (Wildman–Crippen MR) is 243 cm³/mol. The molecule has 3 saturated heterocycles. The van der Waals surface area contributed by atoms with Crippen molar-refractivity contribution in [3.05, 3.63) is 107 Å². The number of aromatic nitrogens is 2. The zero-order chi connectivity index (χ0) is 41.7. The number of anilines is 2. The van der Waals surface area contributed by atoms with Gasteiger partial charge in [0.15, 0.2) is 0 Å². The first-order valence-electron chi connectivity index (χ1n) is 20.8. The number of rotatable bonds is 6. The minimum Gasteiger partial charge on any atom is -0.542 e. The summed E-state index contributed by atoms with van der Waals surface area (Å²) >= 11 is 0. The van der Waals surface area contributed by atoms with E-state index in [9.17, 15) is 14.7 Å². The van der Waals surface area contributed by atoms with Gasteiger partial charge in [0.2, 0.25) is 0 Å². The first kappa shape index (κ1) is 47.0. The van der Waals surface area contributed by atoms with Crippen LogP contribution >= 0.6 is 12.4 Å². The Kier molecular flexibility index (Phi) is 17.6. The van der Waals surface area contributed by atoms with Crippen LogP contribution in [0.2, 0.25) is 18.1 Å². The highest BCUT2D eigenvalue weighted by Gasteiger charge is 2.39. The van der Waals surface area contributed by atoms with Gasteiger partial charge in [-0.15, -0.1) is 12.4 Å². The van der Waals surface area contributed by atoms with Gasteiger partial charge in [-0.3, -0.25) is 10.6 Å². The molecule has 3 fully saturated rings. The summed E-state index contributed by atoms with van der Waals surface area (Å²) in [4.78, 5) is 37.0. The Balaban J connectivity index is 0.000000234. The van der Waals surface area contributed by atoms with Crippen LogP contribution in [-0.4, -0.2) is 84.6 Å². The lowest BCUT2D eigenvalue weighted by Gasteiger charge is -2.36. The van der Waals surface area contributed by atoms with Gasteiger partial charge in [-0.05, 0) is 118 Å². The number of likely N-dealkylation sites (tertiary alicyclic amines) is 2. The summed E-state index contributed by atoms with van der Waals surface area (Å²) in [6.07, 6.45) is 9.50. The van der Waals surface area contributed by atoms with Gasteiger partial charge in [0.05, 0.1) is 12.4 Å². The van der Waals surface area contributed by atoms with E-state index < -0.39 is 8.32 Å². The number of pyridine rings is 2. The van der Waals surface area contributed by atoms with E-state index >= 15 is 0 Å². The molecule has 0 radical (unpaired) electrons. The van der Waals surface area contributed by atoms with Gasteiger partial charge in [-0.1, -0.05) is 80.4 Å². The molecule has 2 aromatic carbocycles. The van der Waals surface area contributed by atoms with Crippen molar-refractivity contribution in [2.75, 3.05) is 50.0 Å². The summed E-state index contributed by atoms with van der Waals surface area (Å²) in [6, 6.07) is 24.0. The molecule has 0 unspecified atom stereocenters. The van der Waals surface area contributed by atoms with Crippen LogP contribution in [0.15, 0.2) is 85.2 Å². The predicted octanol–water partition coefficient (Wildman–Crippen LogP) is 10.9. The Hall–Kier alpha value is -4.65. The Morgan fingerprint density at radius 3 is 1.46 bits per heavy atom. The minimum atomic E-state index is -1.90. The average Bonchev–Trinajstić information content (AvgIpc) is 3.81. The molecule has 5 heterocycles. The number of hydrogen-bond acceptors (Lipinski definition) is 7. The van der Waals surface area contributed by atoms with Crippen LogP contribution in [0.5, 0.6) is 11.5 Å². The van der Waals surface area contributed by atoms with Crippen LogP contribution in [0.3, 0.4) is 0 Å². The number of urea groups is 2. The standard InChI is InChI=1S/C24H35N3O2Si.C18H21N3O2.C4H8O.ClH/c1-18-7-9-19(10-8-18)20-13-15-27(16-14-20)23(28)26-22-12-11-21(17-25-22)29-30(5,6)24(2,3)4;1-13-2-4-14(5-3-13)15-8-10-21(11-9-15)18(23)20-17-7-6-16(22)12-19-17;1-2-4-5-3-1;/h7-12,17,20H,13-16H2,1-6H3,(H,25,26,28);2-7,12,15,22H,8-11H2,1H3,(H,19,20,23);1-4H2;1H. The van der Waals surface area contributed by atoms with Gasteiger partial charge < -0.3 is 24.1 Å². The number of carbonyl (C=O) groups excluding carboxylic acids is 2. The topological polar surface area (TPSA) is 129 Å². The molecule has 4 amide bonds. The Labute approximate surface area is 358 Å². The number of amides is 4. The molecule has 13 heteroatoms. The largest absolute Gasteiger partial charge is 0.542 e. The van der Waals surface area contributed by atoms with Crippen LogP contribution in [0, 0.1) is 13.8 Å². The van der Waals surface area contributed by atoms with Gasteiger partial charge in [0.25, 0.3) is 8.32 Å². The van der Waals surface area contributed by atoms with E-state index in [2.05, 4.69) is 117 Å². The second-order valence-corrected chi connectivity index (χ2v) is 21.9. The third-order valence-corrected chi connectivity index (χ3v) is 16.0. The molecule has 3 N–H and O–H groups in total. The summed E-state index contributed by atoms with van der Waals surface area (Å²) in [6.45, 7) is 20.3. The van der Waals surface area contributed by atoms with Crippen LogP contribution in [0.25, 0.3) is 0 Å². The Bertz CT molecular complexity index is 1860. The average molecular weight is 846 g/mol. The van der Waals surface area contributed by atoms with Gasteiger partial charge in [0, 0.05) is 39.4 Å². The molecule has 3 aliphatic rings. The molecular formula is C46H65ClN6O5Si. The molecule has 59 heavy (non-hydrogen) atoms. The first-order valence-corrected chi connectivity index (χ1v) is 23.7. The number of hydrogen-bond donors (Lipinski definition) is 3. The maximum absolute atomic E-state index is 12.7. The van der Waals surface area contributed by atoms with Crippen molar-refractivity contribution in [1.29, 1.82) is 0 Å². The summed E-state index contributed by atoms with van der Waals surface area (Å²) in [5.41, 5.74) is 5.28. The van der Waals surface area contributed by atoms with Crippen LogP contribution < -0.4 is 15.1 Å². The second-order valence-electron chi connectivity index (χ2n) is 17.2. The van der Waals surface area contributed by atoms with Crippen molar-refractivity contribution >= 4 is 44.4 Å². The zero-order valence-corrected chi connectivity index (χ0v) is 37.8. The molecule has 11 nitrogen and oxygen atoms in total. The summed E-state index contributed by atoms with van der Waals surface area (Å²) in [7, 11) is -1.90. The van der Waals surface area contributed by atoms with Crippen molar-refractivity contribution in [3.63, 3.8) is 0 Å². The smallest absolute Gasteiger partial charge is 0.323 e. The van der Waals surface area contributed by atoms with Crippen molar-refractivity contribution < 1.29 is 23.9 Å². The molecule has 4 aromatic rings. The zero-order valence-electron chi connectivity index (χ0n) is 36.0. The molecule has 3 aliphatic heterocycles. The monoisotopic (exact) mass is 844 g/mol. The Morgan fingerprint density at radius 1 is 0.695 bits per heavy atom. The molecule has 0 aliphatic carbocycles. The number of aryl methyl sites for hydroxylation is 2. The van der Waals surface area contributed by atoms with Crippen LogP contribution in [-0.2, 0) is 4.74 Å². The molecule has 0 saturated carbocycles. The van der Waals surface area contributed by atoms with E-state index in [0.29, 0.717) is 23.5 Å². The van der Waals surface area contributed by atoms with E-state index in [0.717, 1.165) is 70.8 Å². The third kappa shape index (κ3) is 14.5. The lowest BCUT2D eigenvalue weighted by Crippen LogP contribution is -2.43. The SMILES string of the molecule is C1CCOC1.Cc1ccc(C2CCN(C(=O)Nc3ccc(O)cn3)CC2)cc1.Cc1ccc(C2CCN(C(=O)Nc3ccc(O[Si](C)(C)C(C)(C)C)cn3)CC2)cc1.Cl. The number of piperidine rings is 2. The molecule has 320 valence electrons. The van der Waals surface area contributed by atoms with E-state index in [-0.39, 0.29) is 35.3 Å². The number of nitrogens with one attached hydrogen (secondary N) is 2. The van der Waals surface area contributed by atoms with Crippen molar-refractivity contribution in [2.45, 2.75) is 103 Å². The highest BCUT2D eigenvalue weighted by molar-refractivity contribution is 6.74. The first-order chi connectivity index (χ1) is 27.7. The van der Waals surface area contributed by atoms with Crippen LogP contribution in [0.4, 0.5) is 21.2 Å². The molecule has 0 atom stereocenters. The highest BCUT2D eigenvalue weighted by Crippen LogP contribution is 2.37. The van der Waals surface area contributed by atoms with E-state index in [1.54, 1.807) is 12.3 Å². The maximum atomic E-state index is 12.7. The molecule has 0 bridgehead atoms. The third-order valence-electron chi connectivity index (χ3n) is 11.6. The van der Waals surface area contributed by atoms with Crippen molar-refractivity contribution in [3.8, 4) is 11.5 Å². The fourth-order valence-electron chi connectivity index (χ4n) is 6.82. The lowest BCUT2D eigenvalue weighted by atomic mass is 9.89. The molecular weight excluding hydrogens is 780 g/mol. The number of nitrogens with zero attached hydrogens (tertiary/aromatic N) is 4. The fraction of sp³-hybridized carbons (Fsp3) is 0.478. The Morgan fingerprint density at radius 2 is 1.12 bits per heavy atom. The number of carbonyl (C=O) groups is 2. The molecule has 2 aromatic heterocycles. The fourth-order valence-corrected chi connectivity index (χ4v) is 7.84. The number of ether oxygens (including phenoxy) is 1.